The number of benzene rings is 1. The maximum Gasteiger partial charge on any atom is 0.258 e. The number of aromatic nitrogens is 1. The lowest BCUT2D eigenvalue weighted by Crippen LogP contribution is -2.23. The van der Waals surface area contributed by atoms with E-state index >= 15 is 0 Å². The summed E-state index contributed by atoms with van der Waals surface area (Å²) in [6.07, 6.45) is 8.88. The summed E-state index contributed by atoms with van der Waals surface area (Å²) >= 11 is 0. The van der Waals surface area contributed by atoms with Crippen molar-refractivity contribution in [2.24, 2.45) is 11.8 Å². The molecule has 5 heteroatoms. The second-order valence-corrected chi connectivity index (χ2v) is 7.65. The first kappa shape index (κ1) is 16.4. The molecule has 0 saturated heterocycles. The summed E-state index contributed by atoms with van der Waals surface area (Å²) in [7, 11) is 1.66. The fraction of sp³-hybridized carbons (Fsp3) is 0.364. The molecule has 138 valence electrons. The lowest BCUT2D eigenvalue weighted by atomic mass is 9.97. The number of carbonyl (C=O) groups excluding carboxylic acids is 1. The molecule has 5 nitrogen and oxygen atoms in total. The van der Waals surface area contributed by atoms with Crippen molar-refractivity contribution in [1.29, 1.82) is 0 Å². The number of anilines is 1. The van der Waals surface area contributed by atoms with Gasteiger partial charge in [-0.2, -0.15) is 0 Å². The maximum atomic E-state index is 12.3. The van der Waals surface area contributed by atoms with Crippen LogP contribution in [0.4, 0.5) is 5.69 Å². The zero-order valence-corrected chi connectivity index (χ0v) is 15.3. The van der Waals surface area contributed by atoms with Gasteiger partial charge in [-0.15, -0.1) is 0 Å². The van der Waals surface area contributed by atoms with E-state index < -0.39 is 0 Å². The van der Waals surface area contributed by atoms with Gasteiger partial charge in [0.05, 0.1) is 24.1 Å². The molecule has 3 atom stereocenters. The lowest BCUT2D eigenvalue weighted by Gasteiger charge is -2.24. The molecule has 27 heavy (non-hydrogen) atoms. The minimum absolute atomic E-state index is 0.130. The van der Waals surface area contributed by atoms with Crippen LogP contribution in [0.15, 0.2) is 36.5 Å². The zero-order valence-electron chi connectivity index (χ0n) is 15.3. The molecule has 2 aromatic rings. The molecule has 0 radical (unpaired) electrons. The summed E-state index contributed by atoms with van der Waals surface area (Å²) in [6, 6.07) is 9.48. The Hall–Kier alpha value is -2.82. The minimum atomic E-state index is -0.130. The number of hydrogen-bond donors (Lipinski definition) is 1. The number of rotatable bonds is 4. The molecule has 0 unspecified atom stereocenters. The highest BCUT2D eigenvalue weighted by molar-refractivity contribution is 6.34. The van der Waals surface area contributed by atoms with Crippen molar-refractivity contribution < 1.29 is 14.3 Å². The van der Waals surface area contributed by atoms with Gasteiger partial charge in [0.1, 0.15) is 6.10 Å². The largest absolute Gasteiger partial charge is 0.493 e. The molecular weight excluding hydrogens is 340 g/mol. The van der Waals surface area contributed by atoms with Gasteiger partial charge in [0.25, 0.3) is 5.91 Å². The van der Waals surface area contributed by atoms with Gasteiger partial charge in [-0.3, -0.25) is 9.78 Å². The summed E-state index contributed by atoms with van der Waals surface area (Å²) in [4.78, 5) is 16.7. The highest BCUT2D eigenvalue weighted by atomic mass is 16.5. The van der Waals surface area contributed by atoms with E-state index in [1.54, 1.807) is 13.3 Å². The van der Waals surface area contributed by atoms with Gasteiger partial charge in [0.15, 0.2) is 11.5 Å². The van der Waals surface area contributed by atoms with E-state index in [4.69, 9.17) is 9.47 Å². The lowest BCUT2D eigenvalue weighted by molar-refractivity contribution is -0.110. The Morgan fingerprint density at radius 3 is 2.89 bits per heavy atom. The van der Waals surface area contributed by atoms with Gasteiger partial charge >= 0.3 is 0 Å². The minimum Gasteiger partial charge on any atom is -0.493 e. The molecule has 3 aliphatic rings. The van der Waals surface area contributed by atoms with E-state index in [9.17, 15) is 4.79 Å². The van der Waals surface area contributed by atoms with Crippen LogP contribution in [-0.4, -0.2) is 24.1 Å². The number of nitrogens with one attached hydrogen (secondary N) is 1. The van der Waals surface area contributed by atoms with Crippen molar-refractivity contribution >= 4 is 23.2 Å². The molecule has 5 rings (SSSR count). The fourth-order valence-corrected chi connectivity index (χ4v) is 4.69. The number of fused-ring (bicyclic) bond motifs is 3. The normalized spacial score (nSPS) is 26.9. The molecule has 2 fully saturated rings. The summed E-state index contributed by atoms with van der Waals surface area (Å²) < 4.78 is 11.9. The van der Waals surface area contributed by atoms with E-state index in [0.29, 0.717) is 17.2 Å². The van der Waals surface area contributed by atoms with Gasteiger partial charge in [-0.05, 0) is 73.4 Å². The first-order valence-electron chi connectivity index (χ1n) is 9.54. The van der Waals surface area contributed by atoms with Crippen LogP contribution in [0.2, 0.25) is 0 Å². The molecule has 2 saturated carbocycles. The number of nitrogens with zero attached hydrogens (tertiary/aromatic N) is 1. The fourth-order valence-electron chi connectivity index (χ4n) is 4.69. The van der Waals surface area contributed by atoms with Crippen LogP contribution < -0.4 is 14.8 Å². The van der Waals surface area contributed by atoms with Crippen LogP contribution in [0.3, 0.4) is 0 Å². The molecule has 1 aromatic carbocycles. The van der Waals surface area contributed by atoms with Crippen molar-refractivity contribution in [3.63, 3.8) is 0 Å². The highest BCUT2D eigenvalue weighted by Crippen LogP contribution is 2.47. The third-order valence-electron chi connectivity index (χ3n) is 6.01. The average molecular weight is 362 g/mol. The smallest absolute Gasteiger partial charge is 0.258 e. The monoisotopic (exact) mass is 362 g/mol. The van der Waals surface area contributed by atoms with Gasteiger partial charge in [0.2, 0.25) is 0 Å². The van der Waals surface area contributed by atoms with Gasteiger partial charge < -0.3 is 14.8 Å². The number of pyridine rings is 1. The molecule has 2 bridgehead atoms. The Morgan fingerprint density at radius 2 is 2.11 bits per heavy atom. The Bertz CT molecular complexity index is 937. The van der Waals surface area contributed by atoms with Gasteiger partial charge in [-0.25, -0.2) is 0 Å². The van der Waals surface area contributed by atoms with Crippen LogP contribution in [0.25, 0.3) is 11.6 Å². The first-order valence-corrected chi connectivity index (χ1v) is 9.54. The van der Waals surface area contributed by atoms with E-state index in [1.807, 2.05) is 36.4 Å². The van der Waals surface area contributed by atoms with E-state index in [0.717, 1.165) is 35.1 Å². The Kier molecular flexibility index (Phi) is 3.88. The Morgan fingerprint density at radius 1 is 1.19 bits per heavy atom. The molecule has 1 aliphatic heterocycles. The van der Waals surface area contributed by atoms with Crippen LogP contribution in [0.5, 0.6) is 11.5 Å². The summed E-state index contributed by atoms with van der Waals surface area (Å²) in [5.41, 5.74) is 2.91. The van der Waals surface area contributed by atoms with E-state index in [-0.39, 0.29) is 12.0 Å². The summed E-state index contributed by atoms with van der Waals surface area (Å²) in [5.74, 6) is 2.84. The molecule has 1 aromatic heterocycles. The molecule has 2 aliphatic carbocycles. The average Bonchev–Trinajstić information content (AvgIpc) is 3.37. The highest BCUT2D eigenvalue weighted by Gasteiger charge is 2.41. The second-order valence-electron chi connectivity index (χ2n) is 7.65. The third-order valence-corrected chi connectivity index (χ3v) is 6.01. The van der Waals surface area contributed by atoms with Crippen molar-refractivity contribution in [2.75, 3.05) is 12.4 Å². The van der Waals surface area contributed by atoms with Crippen molar-refractivity contribution in [1.82, 2.24) is 4.98 Å². The zero-order chi connectivity index (χ0) is 18.4. The van der Waals surface area contributed by atoms with E-state index in [1.165, 1.54) is 19.3 Å². The molecule has 1 N–H and O–H groups in total. The Balaban J connectivity index is 1.46. The van der Waals surface area contributed by atoms with Crippen molar-refractivity contribution in [2.45, 2.75) is 31.8 Å². The van der Waals surface area contributed by atoms with Gasteiger partial charge in [0, 0.05) is 6.20 Å². The SMILES string of the molecule is COc1ccc(/C=C2/C(=O)Nc3cccnc32)cc1O[C@H]1C[C@@H]2CC[C@H]1C2. The maximum absolute atomic E-state index is 12.3. The van der Waals surface area contributed by atoms with Crippen LogP contribution >= 0.6 is 0 Å². The molecular formula is C22H22N2O3. The molecule has 2 heterocycles. The van der Waals surface area contributed by atoms with Crippen molar-refractivity contribution in [3.05, 3.63) is 47.8 Å². The topological polar surface area (TPSA) is 60.5 Å². The number of ether oxygens (including phenoxy) is 2. The van der Waals surface area contributed by atoms with Gasteiger partial charge in [-0.1, -0.05) is 6.07 Å². The van der Waals surface area contributed by atoms with Crippen molar-refractivity contribution in [3.8, 4) is 11.5 Å². The quantitative estimate of drug-likeness (QED) is 0.830. The number of amides is 1. The molecule has 1 amide bonds. The van der Waals surface area contributed by atoms with E-state index in [2.05, 4.69) is 10.3 Å². The predicted molar refractivity (Wildman–Crippen MR) is 104 cm³/mol. The first-order chi connectivity index (χ1) is 13.2. The second kappa shape index (κ2) is 6.41. The predicted octanol–water partition coefficient (Wildman–Crippen LogP) is 4.15. The summed E-state index contributed by atoms with van der Waals surface area (Å²) in [6.45, 7) is 0. The molecule has 0 spiro atoms. The number of methoxy groups -OCH3 is 1. The standard InChI is InChI=1S/C22H22N2O3/c1-26-18-7-5-14(10-16-21-17(24-22(16)25)3-2-8-23-21)12-20(18)27-19-11-13-4-6-15(19)9-13/h2-3,5,7-8,10,12-13,15,19H,4,6,9,11H2,1H3,(H,24,25)/b16-10+/t13-,15+,19+/m1/s1. The number of hydrogen-bond acceptors (Lipinski definition) is 4. The van der Waals surface area contributed by atoms with Crippen LogP contribution in [0, 0.1) is 11.8 Å². The summed E-state index contributed by atoms with van der Waals surface area (Å²) in [5, 5.41) is 2.86. The number of carbonyl (C=O) groups is 1. The van der Waals surface area contributed by atoms with Crippen LogP contribution in [0.1, 0.15) is 36.9 Å². The Labute approximate surface area is 158 Å². The van der Waals surface area contributed by atoms with Crippen LogP contribution in [-0.2, 0) is 4.79 Å². The third kappa shape index (κ3) is 2.87.